The Bertz CT molecular complexity index is 92.1. The maximum absolute atomic E-state index is 5.46. The van der Waals surface area contributed by atoms with Crippen LogP contribution in [0.5, 0.6) is 0 Å². The molecule has 0 aromatic carbocycles. The van der Waals surface area contributed by atoms with Crippen molar-refractivity contribution in [2.24, 2.45) is 5.73 Å². The van der Waals surface area contributed by atoms with Crippen LogP contribution in [-0.4, -0.2) is 32.5 Å². The van der Waals surface area contributed by atoms with Gasteiger partial charge in [0.1, 0.15) is 0 Å². The highest BCUT2D eigenvalue weighted by Gasteiger charge is 2.12. The fourth-order valence-corrected chi connectivity index (χ4v) is 1.22. The normalized spacial score (nSPS) is 25.4. The fraction of sp³-hybridized carbons (Fsp3) is 1.00. The largest absolute Gasteiger partial charge is 0.376 e. The number of hydrogen-bond donors (Lipinski definition) is 1. The van der Waals surface area contributed by atoms with Crippen molar-refractivity contribution < 1.29 is 9.47 Å². The molecule has 11 heavy (non-hydrogen) atoms. The molecule has 1 atom stereocenters. The van der Waals surface area contributed by atoms with Crippen molar-refractivity contribution in [2.45, 2.75) is 25.4 Å². The van der Waals surface area contributed by atoms with E-state index in [1.165, 1.54) is 0 Å². The van der Waals surface area contributed by atoms with Crippen LogP contribution in [0, 0.1) is 0 Å². The topological polar surface area (TPSA) is 44.5 Å². The Morgan fingerprint density at radius 1 is 1.27 bits per heavy atom. The first kappa shape index (κ1) is 8.97. The van der Waals surface area contributed by atoms with E-state index in [1.807, 2.05) is 0 Å². The molecule has 0 amide bonds. The van der Waals surface area contributed by atoms with Gasteiger partial charge in [-0.2, -0.15) is 0 Å². The Morgan fingerprint density at radius 2 is 2.18 bits per heavy atom. The average Bonchev–Trinajstić information content (AvgIpc) is 2.07. The third-order valence-electron chi connectivity index (χ3n) is 1.87. The first-order valence-corrected chi connectivity index (χ1v) is 4.33. The molecule has 0 spiro atoms. The van der Waals surface area contributed by atoms with Gasteiger partial charge >= 0.3 is 0 Å². The van der Waals surface area contributed by atoms with E-state index in [-0.39, 0.29) is 0 Å². The lowest BCUT2D eigenvalue weighted by Crippen LogP contribution is -2.28. The molecule has 66 valence electrons. The van der Waals surface area contributed by atoms with Gasteiger partial charge in [-0.25, -0.2) is 0 Å². The summed E-state index contributed by atoms with van der Waals surface area (Å²) in [7, 11) is 0. The molecule has 1 saturated heterocycles. The van der Waals surface area contributed by atoms with Crippen LogP contribution in [0.3, 0.4) is 0 Å². The average molecular weight is 159 g/mol. The van der Waals surface area contributed by atoms with Crippen molar-refractivity contribution >= 4 is 0 Å². The van der Waals surface area contributed by atoms with Gasteiger partial charge in [0.05, 0.1) is 25.9 Å². The minimum absolute atomic E-state index is 0.329. The van der Waals surface area contributed by atoms with Gasteiger partial charge in [-0.05, 0) is 25.8 Å². The van der Waals surface area contributed by atoms with Crippen LogP contribution < -0.4 is 5.73 Å². The highest BCUT2D eigenvalue weighted by molar-refractivity contribution is 4.60. The van der Waals surface area contributed by atoms with Gasteiger partial charge in [-0.15, -0.1) is 0 Å². The quantitative estimate of drug-likeness (QED) is 0.608. The Kier molecular flexibility index (Phi) is 4.50. The summed E-state index contributed by atoms with van der Waals surface area (Å²) in [6.07, 6.45) is 3.68. The second-order valence-corrected chi connectivity index (χ2v) is 2.85. The standard InChI is InChI=1S/C8H17NO2/c9-4-2-1-3-8-7-10-5-6-11-8/h8H,1-7,9H2. The number of rotatable bonds is 4. The summed E-state index contributed by atoms with van der Waals surface area (Å²) in [5.41, 5.74) is 5.37. The number of nitrogens with two attached hydrogens (primary N) is 1. The summed E-state index contributed by atoms with van der Waals surface area (Å²) >= 11 is 0. The Hall–Kier alpha value is -0.120. The highest BCUT2D eigenvalue weighted by atomic mass is 16.6. The molecule has 0 bridgehead atoms. The smallest absolute Gasteiger partial charge is 0.0809 e. The van der Waals surface area contributed by atoms with Gasteiger partial charge < -0.3 is 15.2 Å². The van der Waals surface area contributed by atoms with Crippen LogP contribution >= 0.6 is 0 Å². The van der Waals surface area contributed by atoms with Gasteiger partial charge in [0, 0.05) is 0 Å². The maximum Gasteiger partial charge on any atom is 0.0809 e. The third-order valence-corrected chi connectivity index (χ3v) is 1.87. The van der Waals surface area contributed by atoms with E-state index in [2.05, 4.69) is 0 Å². The van der Waals surface area contributed by atoms with Crippen molar-refractivity contribution in [1.82, 2.24) is 0 Å². The predicted molar refractivity (Wildman–Crippen MR) is 43.5 cm³/mol. The van der Waals surface area contributed by atoms with Gasteiger partial charge in [0.25, 0.3) is 0 Å². The molecule has 1 rings (SSSR count). The van der Waals surface area contributed by atoms with Crippen molar-refractivity contribution in [1.29, 1.82) is 0 Å². The molecule has 1 aliphatic rings. The summed E-state index contributed by atoms with van der Waals surface area (Å²) in [4.78, 5) is 0. The molecule has 1 fully saturated rings. The monoisotopic (exact) mass is 159 g/mol. The molecule has 1 aliphatic heterocycles. The molecule has 0 saturated carbocycles. The number of ether oxygens (including phenoxy) is 2. The van der Waals surface area contributed by atoms with Gasteiger partial charge in [-0.1, -0.05) is 0 Å². The highest BCUT2D eigenvalue weighted by Crippen LogP contribution is 2.08. The lowest BCUT2D eigenvalue weighted by molar-refractivity contribution is -0.0911. The molecule has 3 nitrogen and oxygen atoms in total. The Morgan fingerprint density at radius 3 is 2.82 bits per heavy atom. The molecular formula is C8H17NO2. The molecular weight excluding hydrogens is 142 g/mol. The lowest BCUT2D eigenvalue weighted by atomic mass is 10.1. The fourth-order valence-electron chi connectivity index (χ4n) is 1.22. The second-order valence-electron chi connectivity index (χ2n) is 2.85. The summed E-state index contributed by atoms with van der Waals surface area (Å²) in [6, 6.07) is 0. The first-order valence-electron chi connectivity index (χ1n) is 4.33. The van der Waals surface area contributed by atoms with Crippen molar-refractivity contribution in [3.63, 3.8) is 0 Å². The minimum Gasteiger partial charge on any atom is -0.376 e. The second kappa shape index (κ2) is 5.52. The number of unbranched alkanes of at least 4 members (excludes halogenated alkanes) is 1. The van der Waals surface area contributed by atoms with E-state index in [0.717, 1.165) is 45.6 Å². The molecule has 0 aromatic rings. The van der Waals surface area contributed by atoms with E-state index in [9.17, 15) is 0 Å². The van der Waals surface area contributed by atoms with Crippen molar-refractivity contribution in [3.05, 3.63) is 0 Å². The zero-order valence-electron chi connectivity index (χ0n) is 6.92. The molecule has 1 unspecified atom stereocenters. The van der Waals surface area contributed by atoms with E-state index < -0.39 is 0 Å². The van der Waals surface area contributed by atoms with E-state index >= 15 is 0 Å². The van der Waals surface area contributed by atoms with Crippen LogP contribution in [0.15, 0.2) is 0 Å². The van der Waals surface area contributed by atoms with Crippen LogP contribution in [0.4, 0.5) is 0 Å². The number of hydrogen-bond acceptors (Lipinski definition) is 3. The summed E-state index contributed by atoms with van der Waals surface area (Å²) in [6.45, 7) is 3.07. The zero-order valence-corrected chi connectivity index (χ0v) is 6.92. The van der Waals surface area contributed by atoms with Crippen LogP contribution in [-0.2, 0) is 9.47 Å². The van der Waals surface area contributed by atoms with E-state index in [1.54, 1.807) is 0 Å². The van der Waals surface area contributed by atoms with Crippen LogP contribution in [0.1, 0.15) is 19.3 Å². The van der Waals surface area contributed by atoms with Crippen molar-refractivity contribution in [3.8, 4) is 0 Å². The van der Waals surface area contributed by atoms with Gasteiger partial charge in [-0.3, -0.25) is 0 Å². The van der Waals surface area contributed by atoms with Crippen LogP contribution in [0.2, 0.25) is 0 Å². The van der Waals surface area contributed by atoms with Crippen LogP contribution in [0.25, 0.3) is 0 Å². The Labute approximate surface area is 67.9 Å². The maximum atomic E-state index is 5.46. The third kappa shape index (κ3) is 3.70. The summed E-state index contributed by atoms with van der Waals surface area (Å²) < 4.78 is 10.7. The van der Waals surface area contributed by atoms with Gasteiger partial charge in [0.2, 0.25) is 0 Å². The van der Waals surface area contributed by atoms with Gasteiger partial charge in [0.15, 0.2) is 0 Å². The Balaban J connectivity index is 1.96. The lowest BCUT2D eigenvalue weighted by Gasteiger charge is -2.22. The molecule has 0 aliphatic carbocycles. The molecule has 2 N–H and O–H groups in total. The summed E-state index contributed by atoms with van der Waals surface area (Å²) in [5.74, 6) is 0. The molecule has 0 radical (unpaired) electrons. The zero-order chi connectivity index (χ0) is 7.94. The SMILES string of the molecule is NCCCCC1COCCO1. The first-order chi connectivity index (χ1) is 5.43. The predicted octanol–water partition coefficient (Wildman–Crippen LogP) is 0.531. The molecule has 0 aromatic heterocycles. The summed E-state index contributed by atoms with van der Waals surface area (Å²) in [5, 5.41) is 0. The molecule has 3 heteroatoms. The van der Waals surface area contributed by atoms with Crippen molar-refractivity contribution in [2.75, 3.05) is 26.4 Å². The minimum atomic E-state index is 0.329. The van der Waals surface area contributed by atoms with E-state index in [0.29, 0.717) is 6.10 Å². The molecule has 1 heterocycles. The van der Waals surface area contributed by atoms with E-state index in [4.69, 9.17) is 15.2 Å².